The van der Waals surface area contributed by atoms with Gasteiger partial charge in [-0.2, -0.15) is 0 Å². The fourth-order valence-electron chi connectivity index (χ4n) is 1.89. The summed E-state index contributed by atoms with van der Waals surface area (Å²) in [6, 6.07) is -0.588. The molecule has 5 heteroatoms. The van der Waals surface area contributed by atoms with E-state index in [1.165, 1.54) is 7.11 Å². The fraction of sp³-hybridized carbons (Fsp3) is 0.846. The summed E-state index contributed by atoms with van der Waals surface area (Å²) in [4.78, 5) is 22.8. The van der Waals surface area contributed by atoms with E-state index in [-0.39, 0.29) is 5.91 Å². The van der Waals surface area contributed by atoms with E-state index in [4.69, 9.17) is 5.73 Å². The SMILES string of the molecule is COC(=O)[C@H](C)NC(=O)CCC(CCN)C(C)C. The molecule has 0 aromatic carbocycles. The zero-order valence-electron chi connectivity index (χ0n) is 11.9. The fourth-order valence-corrected chi connectivity index (χ4v) is 1.89. The molecule has 106 valence electrons. The zero-order valence-corrected chi connectivity index (χ0v) is 11.9. The van der Waals surface area contributed by atoms with Crippen LogP contribution in [0.3, 0.4) is 0 Å². The molecule has 0 aliphatic heterocycles. The molecule has 0 rings (SSSR count). The molecule has 1 amide bonds. The summed E-state index contributed by atoms with van der Waals surface area (Å²) in [5, 5.41) is 2.62. The highest BCUT2D eigenvalue weighted by molar-refractivity contribution is 5.83. The lowest BCUT2D eigenvalue weighted by molar-refractivity contribution is -0.144. The lowest BCUT2D eigenvalue weighted by Gasteiger charge is -2.20. The molecule has 0 radical (unpaired) electrons. The van der Waals surface area contributed by atoms with Crippen molar-refractivity contribution in [2.24, 2.45) is 17.6 Å². The molecule has 0 heterocycles. The highest BCUT2D eigenvalue weighted by Crippen LogP contribution is 2.20. The summed E-state index contributed by atoms with van der Waals surface area (Å²) < 4.78 is 4.55. The minimum atomic E-state index is -0.588. The van der Waals surface area contributed by atoms with Crippen molar-refractivity contribution in [3.8, 4) is 0 Å². The average molecular weight is 258 g/mol. The smallest absolute Gasteiger partial charge is 0.328 e. The lowest BCUT2D eigenvalue weighted by Crippen LogP contribution is -2.39. The van der Waals surface area contributed by atoms with E-state index in [0.29, 0.717) is 24.8 Å². The predicted octanol–water partition coefficient (Wildman–Crippen LogP) is 1.07. The van der Waals surface area contributed by atoms with Gasteiger partial charge in [0.15, 0.2) is 0 Å². The summed E-state index contributed by atoms with van der Waals surface area (Å²) in [5.74, 6) is 0.426. The number of nitrogens with one attached hydrogen (secondary N) is 1. The van der Waals surface area contributed by atoms with Gasteiger partial charge in [0, 0.05) is 6.42 Å². The van der Waals surface area contributed by atoms with Gasteiger partial charge in [-0.25, -0.2) is 4.79 Å². The second kappa shape index (κ2) is 8.91. The van der Waals surface area contributed by atoms with Gasteiger partial charge in [0.1, 0.15) is 6.04 Å². The van der Waals surface area contributed by atoms with Gasteiger partial charge in [-0.1, -0.05) is 13.8 Å². The third-order valence-electron chi connectivity index (χ3n) is 3.15. The third-order valence-corrected chi connectivity index (χ3v) is 3.15. The summed E-state index contributed by atoms with van der Waals surface area (Å²) in [6.07, 6.45) is 2.15. The van der Waals surface area contributed by atoms with Crippen molar-refractivity contribution in [1.82, 2.24) is 5.32 Å². The first-order valence-electron chi connectivity index (χ1n) is 6.49. The normalized spacial score (nSPS) is 14.1. The van der Waals surface area contributed by atoms with E-state index in [1.54, 1.807) is 6.92 Å². The Balaban J connectivity index is 4.04. The van der Waals surface area contributed by atoms with Crippen molar-refractivity contribution in [1.29, 1.82) is 0 Å². The Kier molecular flexibility index (Phi) is 8.37. The molecular weight excluding hydrogens is 232 g/mol. The maximum atomic E-state index is 11.7. The molecule has 0 saturated heterocycles. The van der Waals surface area contributed by atoms with Crippen LogP contribution in [0.25, 0.3) is 0 Å². The molecule has 3 N–H and O–H groups in total. The number of carbonyl (C=O) groups is 2. The van der Waals surface area contributed by atoms with E-state index in [9.17, 15) is 9.59 Å². The standard InChI is InChI=1S/C13H26N2O3/c1-9(2)11(7-8-14)5-6-12(16)15-10(3)13(17)18-4/h9-11H,5-8,14H2,1-4H3,(H,15,16)/t10-,11?/m0/s1. The van der Waals surface area contributed by atoms with Gasteiger partial charge in [-0.15, -0.1) is 0 Å². The van der Waals surface area contributed by atoms with Gasteiger partial charge < -0.3 is 15.8 Å². The van der Waals surface area contributed by atoms with Gasteiger partial charge in [0.25, 0.3) is 0 Å². The second-order valence-electron chi connectivity index (χ2n) is 4.93. The predicted molar refractivity (Wildman–Crippen MR) is 70.9 cm³/mol. The molecule has 18 heavy (non-hydrogen) atoms. The molecule has 2 atom stereocenters. The van der Waals surface area contributed by atoms with Crippen molar-refractivity contribution in [2.45, 2.75) is 46.1 Å². The highest BCUT2D eigenvalue weighted by atomic mass is 16.5. The van der Waals surface area contributed by atoms with Crippen molar-refractivity contribution < 1.29 is 14.3 Å². The number of amides is 1. The van der Waals surface area contributed by atoms with E-state index < -0.39 is 12.0 Å². The topological polar surface area (TPSA) is 81.4 Å². The molecule has 0 aromatic heterocycles. The van der Waals surface area contributed by atoms with Crippen LogP contribution >= 0.6 is 0 Å². The van der Waals surface area contributed by atoms with Crippen molar-refractivity contribution >= 4 is 11.9 Å². The summed E-state index contributed by atoms with van der Waals surface area (Å²) in [6.45, 7) is 6.52. The van der Waals surface area contributed by atoms with E-state index in [0.717, 1.165) is 12.8 Å². The molecule has 0 aromatic rings. The number of ether oxygens (including phenoxy) is 1. The van der Waals surface area contributed by atoms with Crippen molar-refractivity contribution in [3.05, 3.63) is 0 Å². The molecular formula is C13H26N2O3. The molecule has 0 aliphatic rings. The molecule has 5 nitrogen and oxygen atoms in total. The maximum absolute atomic E-state index is 11.7. The minimum absolute atomic E-state index is 0.115. The summed E-state index contributed by atoms with van der Waals surface area (Å²) in [5.41, 5.74) is 5.55. The number of hydrogen-bond donors (Lipinski definition) is 2. The lowest BCUT2D eigenvalue weighted by atomic mass is 9.88. The van der Waals surface area contributed by atoms with E-state index >= 15 is 0 Å². The molecule has 0 spiro atoms. The van der Waals surface area contributed by atoms with Gasteiger partial charge in [-0.3, -0.25) is 4.79 Å². The first-order valence-corrected chi connectivity index (χ1v) is 6.49. The van der Waals surface area contributed by atoms with Crippen LogP contribution in [0.2, 0.25) is 0 Å². The number of hydrogen-bond acceptors (Lipinski definition) is 4. The molecule has 0 bridgehead atoms. The van der Waals surface area contributed by atoms with Gasteiger partial charge in [-0.05, 0) is 38.1 Å². The number of rotatable bonds is 8. The first-order chi connectivity index (χ1) is 8.42. The van der Waals surface area contributed by atoms with Crippen LogP contribution in [0.1, 0.15) is 40.0 Å². The largest absolute Gasteiger partial charge is 0.467 e. The van der Waals surface area contributed by atoms with Gasteiger partial charge in [0.2, 0.25) is 5.91 Å². The monoisotopic (exact) mass is 258 g/mol. The first kappa shape index (κ1) is 16.9. The molecule has 0 saturated carbocycles. The van der Waals surface area contributed by atoms with E-state index in [1.807, 2.05) is 0 Å². The summed E-state index contributed by atoms with van der Waals surface area (Å²) >= 11 is 0. The quantitative estimate of drug-likeness (QED) is 0.638. The Morgan fingerprint density at radius 2 is 1.83 bits per heavy atom. The number of methoxy groups -OCH3 is 1. The number of nitrogens with two attached hydrogens (primary N) is 1. The van der Waals surface area contributed by atoms with Gasteiger partial charge >= 0.3 is 5.97 Å². The Morgan fingerprint density at radius 1 is 1.22 bits per heavy atom. The Labute approximate surface area is 109 Å². The Hall–Kier alpha value is -1.10. The van der Waals surface area contributed by atoms with Crippen LogP contribution in [0.4, 0.5) is 0 Å². The number of carbonyl (C=O) groups excluding carboxylic acids is 2. The Bertz CT molecular complexity index is 267. The van der Waals surface area contributed by atoms with Crippen LogP contribution in [0, 0.1) is 11.8 Å². The zero-order chi connectivity index (χ0) is 14.1. The van der Waals surface area contributed by atoms with Crippen LogP contribution < -0.4 is 11.1 Å². The van der Waals surface area contributed by atoms with Crippen LogP contribution in [-0.2, 0) is 14.3 Å². The van der Waals surface area contributed by atoms with Crippen LogP contribution in [0.15, 0.2) is 0 Å². The van der Waals surface area contributed by atoms with Crippen molar-refractivity contribution in [2.75, 3.05) is 13.7 Å². The third kappa shape index (κ3) is 6.59. The maximum Gasteiger partial charge on any atom is 0.328 e. The highest BCUT2D eigenvalue weighted by Gasteiger charge is 2.18. The van der Waals surface area contributed by atoms with Crippen LogP contribution in [-0.4, -0.2) is 31.6 Å². The number of esters is 1. The second-order valence-corrected chi connectivity index (χ2v) is 4.93. The Morgan fingerprint density at radius 3 is 2.28 bits per heavy atom. The molecule has 0 aliphatic carbocycles. The molecule has 0 fully saturated rings. The van der Waals surface area contributed by atoms with Crippen LogP contribution in [0.5, 0.6) is 0 Å². The molecule has 1 unspecified atom stereocenters. The van der Waals surface area contributed by atoms with E-state index in [2.05, 4.69) is 23.9 Å². The minimum Gasteiger partial charge on any atom is -0.467 e. The van der Waals surface area contributed by atoms with Crippen molar-refractivity contribution in [3.63, 3.8) is 0 Å². The van der Waals surface area contributed by atoms with Gasteiger partial charge in [0.05, 0.1) is 7.11 Å². The average Bonchev–Trinajstić information content (AvgIpc) is 2.32. The summed E-state index contributed by atoms with van der Waals surface area (Å²) in [7, 11) is 1.31.